The number of fused-ring (bicyclic) bond motifs is 1. The largest absolute Gasteiger partial charge is 0.0642 e. The van der Waals surface area contributed by atoms with Gasteiger partial charge in [-0.1, -0.05) is 49.8 Å². The maximum atomic E-state index is 2.33. The first kappa shape index (κ1) is 8.55. The van der Waals surface area contributed by atoms with Gasteiger partial charge in [0.25, 0.3) is 0 Å². The second kappa shape index (κ2) is 3.37. The first-order valence-electron chi connectivity index (χ1n) is 5.03. The first-order valence-corrected chi connectivity index (χ1v) is 5.03. The van der Waals surface area contributed by atoms with Crippen molar-refractivity contribution in [2.45, 2.75) is 26.7 Å². The maximum Gasteiger partial charge on any atom is 0.0302 e. The zero-order valence-electron chi connectivity index (χ0n) is 8.30. The van der Waals surface area contributed by atoms with Crippen molar-refractivity contribution in [3.63, 3.8) is 0 Å². The Morgan fingerprint density at radius 1 is 1.00 bits per heavy atom. The lowest BCUT2D eigenvalue weighted by atomic mass is 9.92. The van der Waals surface area contributed by atoms with Gasteiger partial charge in [0.15, 0.2) is 0 Å². The van der Waals surface area contributed by atoms with Crippen molar-refractivity contribution in [2.24, 2.45) is 0 Å². The monoisotopic (exact) mass is 171 g/mol. The Bertz CT molecular complexity index is 334. The summed E-state index contributed by atoms with van der Waals surface area (Å²) in [7, 11) is 0. The van der Waals surface area contributed by atoms with Crippen molar-refractivity contribution < 1.29 is 0 Å². The third kappa shape index (κ3) is 1.31. The van der Waals surface area contributed by atoms with Gasteiger partial charge >= 0.3 is 0 Å². The van der Waals surface area contributed by atoms with Gasteiger partial charge in [-0.3, -0.25) is 0 Å². The number of rotatable bonds is 2. The summed E-state index contributed by atoms with van der Waals surface area (Å²) in [5, 5.41) is 0. The summed E-state index contributed by atoms with van der Waals surface area (Å²) in [6.45, 7) is 4.47. The van der Waals surface area contributed by atoms with Gasteiger partial charge in [-0.05, 0) is 24.0 Å². The molecular formula is C13H15. The Balaban J connectivity index is 2.44. The number of hydrogen-bond donors (Lipinski definition) is 0. The maximum absolute atomic E-state index is 2.33. The van der Waals surface area contributed by atoms with Crippen LogP contribution in [0.3, 0.4) is 0 Å². The van der Waals surface area contributed by atoms with E-state index in [1.54, 1.807) is 0 Å². The van der Waals surface area contributed by atoms with E-state index in [0.29, 0.717) is 0 Å². The van der Waals surface area contributed by atoms with Crippen molar-refractivity contribution in [1.82, 2.24) is 0 Å². The molecule has 0 saturated carbocycles. The van der Waals surface area contributed by atoms with E-state index in [-0.39, 0.29) is 0 Å². The summed E-state index contributed by atoms with van der Waals surface area (Å²) in [6, 6.07) is 8.67. The highest BCUT2D eigenvalue weighted by Gasteiger charge is 2.21. The molecule has 13 heavy (non-hydrogen) atoms. The van der Waals surface area contributed by atoms with Gasteiger partial charge in [0.2, 0.25) is 0 Å². The van der Waals surface area contributed by atoms with Gasteiger partial charge in [0, 0.05) is 5.92 Å². The van der Waals surface area contributed by atoms with Crippen LogP contribution in [0.2, 0.25) is 0 Å². The van der Waals surface area contributed by atoms with Crippen molar-refractivity contribution in [1.29, 1.82) is 0 Å². The van der Waals surface area contributed by atoms with E-state index < -0.39 is 0 Å². The highest BCUT2D eigenvalue weighted by Crippen LogP contribution is 2.38. The molecule has 1 aromatic carbocycles. The molecular weight excluding hydrogens is 156 g/mol. The Morgan fingerprint density at radius 2 is 1.77 bits per heavy atom. The summed E-state index contributed by atoms with van der Waals surface area (Å²) in [4.78, 5) is 0. The molecule has 0 spiro atoms. The molecule has 1 aliphatic carbocycles. The Kier molecular flexibility index (Phi) is 2.22. The first-order chi connectivity index (χ1) is 6.36. The summed E-state index contributed by atoms with van der Waals surface area (Å²) in [5.74, 6) is 1.54. The molecule has 1 aliphatic rings. The van der Waals surface area contributed by atoms with Crippen LogP contribution in [0.25, 0.3) is 6.08 Å². The van der Waals surface area contributed by atoms with Crippen LogP contribution in [0, 0.1) is 5.92 Å². The number of benzene rings is 1. The van der Waals surface area contributed by atoms with E-state index in [0.717, 1.165) is 12.8 Å². The Labute approximate surface area is 80.3 Å². The Morgan fingerprint density at radius 3 is 2.46 bits per heavy atom. The van der Waals surface area contributed by atoms with Gasteiger partial charge in [0.1, 0.15) is 0 Å². The highest BCUT2D eigenvalue weighted by atomic mass is 14.3. The SMILES string of the molecule is CC[C]1C(CC)=Cc2ccccc21. The highest BCUT2D eigenvalue weighted by molar-refractivity contribution is 5.72. The van der Waals surface area contributed by atoms with Gasteiger partial charge in [0.05, 0.1) is 0 Å². The van der Waals surface area contributed by atoms with Crippen LogP contribution in [-0.2, 0) is 0 Å². The topological polar surface area (TPSA) is 0 Å². The van der Waals surface area contributed by atoms with Crippen LogP contribution in [0.1, 0.15) is 37.8 Å². The van der Waals surface area contributed by atoms with E-state index >= 15 is 0 Å². The van der Waals surface area contributed by atoms with Crippen LogP contribution >= 0.6 is 0 Å². The Hall–Kier alpha value is -1.04. The molecule has 0 amide bonds. The lowest BCUT2D eigenvalue weighted by molar-refractivity contribution is 0.941. The van der Waals surface area contributed by atoms with Gasteiger partial charge < -0.3 is 0 Å². The molecule has 0 aromatic heterocycles. The van der Waals surface area contributed by atoms with E-state index in [9.17, 15) is 0 Å². The van der Waals surface area contributed by atoms with Crippen LogP contribution < -0.4 is 0 Å². The van der Waals surface area contributed by atoms with Crippen molar-refractivity contribution in [3.8, 4) is 0 Å². The predicted molar refractivity (Wildman–Crippen MR) is 57.3 cm³/mol. The molecule has 0 aliphatic heterocycles. The van der Waals surface area contributed by atoms with Crippen molar-refractivity contribution in [3.05, 3.63) is 46.9 Å². The van der Waals surface area contributed by atoms with Gasteiger partial charge in [-0.15, -0.1) is 0 Å². The molecule has 0 unspecified atom stereocenters. The molecule has 2 rings (SSSR count). The minimum Gasteiger partial charge on any atom is -0.0642 e. The molecule has 1 aromatic rings. The van der Waals surface area contributed by atoms with E-state index in [1.165, 1.54) is 22.6 Å². The molecule has 0 N–H and O–H groups in total. The molecule has 0 atom stereocenters. The fraction of sp³-hybridized carbons (Fsp3) is 0.308. The van der Waals surface area contributed by atoms with Crippen LogP contribution in [0.4, 0.5) is 0 Å². The minimum absolute atomic E-state index is 1.15. The normalized spacial score (nSPS) is 15.7. The van der Waals surface area contributed by atoms with Gasteiger partial charge in [-0.25, -0.2) is 0 Å². The standard InChI is InChI=1S/C13H15/c1-3-10-9-11-7-5-6-8-13(11)12(10)4-2/h5-9H,3-4H2,1-2H3. The fourth-order valence-corrected chi connectivity index (χ4v) is 2.08. The molecule has 0 bridgehead atoms. The molecule has 1 radical (unpaired) electrons. The van der Waals surface area contributed by atoms with Gasteiger partial charge in [-0.2, -0.15) is 0 Å². The lowest BCUT2D eigenvalue weighted by Gasteiger charge is -2.11. The number of hydrogen-bond acceptors (Lipinski definition) is 0. The van der Waals surface area contributed by atoms with E-state index in [2.05, 4.69) is 44.2 Å². The second-order valence-corrected chi connectivity index (χ2v) is 3.44. The third-order valence-corrected chi connectivity index (χ3v) is 2.74. The zero-order chi connectivity index (χ0) is 9.26. The quantitative estimate of drug-likeness (QED) is 0.634. The van der Waals surface area contributed by atoms with Crippen molar-refractivity contribution in [2.75, 3.05) is 0 Å². The summed E-state index contributed by atoms with van der Waals surface area (Å²) in [5.41, 5.74) is 4.36. The van der Waals surface area contributed by atoms with Crippen LogP contribution in [0.15, 0.2) is 29.8 Å². The molecule has 0 heterocycles. The van der Waals surface area contributed by atoms with E-state index in [4.69, 9.17) is 0 Å². The molecule has 0 saturated heterocycles. The molecule has 67 valence electrons. The summed E-state index contributed by atoms with van der Waals surface area (Å²) >= 11 is 0. The second-order valence-electron chi connectivity index (χ2n) is 3.44. The molecule has 0 heteroatoms. The smallest absolute Gasteiger partial charge is 0.0302 e. The van der Waals surface area contributed by atoms with Crippen LogP contribution in [0.5, 0.6) is 0 Å². The lowest BCUT2D eigenvalue weighted by Crippen LogP contribution is -1.97. The summed E-state index contributed by atoms with van der Waals surface area (Å²) < 4.78 is 0. The average molecular weight is 171 g/mol. The minimum atomic E-state index is 1.15. The molecule has 0 fully saturated rings. The molecule has 0 nitrogen and oxygen atoms in total. The van der Waals surface area contributed by atoms with Crippen molar-refractivity contribution >= 4 is 6.08 Å². The average Bonchev–Trinajstić information content (AvgIpc) is 2.55. The number of allylic oxidation sites excluding steroid dienone is 1. The zero-order valence-corrected chi connectivity index (χ0v) is 8.30. The fourth-order valence-electron chi connectivity index (χ4n) is 2.08. The van der Waals surface area contributed by atoms with Crippen LogP contribution in [-0.4, -0.2) is 0 Å². The third-order valence-electron chi connectivity index (χ3n) is 2.74. The predicted octanol–water partition coefficient (Wildman–Crippen LogP) is 3.83. The summed E-state index contributed by atoms with van der Waals surface area (Å²) in [6.07, 6.45) is 4.63. The van der Waals surface area contributed by atoms with E-state index in [1.807, 2.05) is 0 Å².